The number of benzene rings is 2. The molecule has 0 heterocycles. The summed E-state index contributed by atoms with van der Waals surface area (Å²) in [6, 6.07) is 16.1. The molecule has 0 aromatic heterocycles. The molecule has 0 saturated heterocycles. The van der Waals surface area contributed by atoms with Crippen LogP contribution in [0.2, 0.25) is 0 Å². The van der Waals surface area contributed by atoms with Gasteiger partial charge in [-0.2, -0.15) is 0 Å². The van der Waals surface area contributed by atoms with Crippen molar-refractivity contribution in [2.75, 3.05) is 26.4 Å². The van der Waals surface area contributed by atoms with Crippen molar-refractivity contribution in [3.8, 4) is 0 Å². The van der Waals surface area contributed by atoms with E-state index in [9.17, 15) is 24.0 Å². The Morgan fingerprint density at radius 2 is 1.06 bits per heavy atom. The molecule has 2 aromatic rings. The summed E-state index contributed by atoms with van der Waals surface area (Å²) >= 11 is 0. The Kier molecular flexibility index (Phi) is 17.5. The molecule has 2 rings (SSSR count). The minimum atomic E-state index is -1.25. The Hall–Kier alpha value is -4.29. The predicted octanol–water partition coefficient (Wildman–Crippen LogP) is 4.42. The lowest BCUT2D eigenvalue weighted by Gasteiger charge is -2.29. The van der Waals surface area contributed by atoms with E-state index in [1.807, 2.05) is 76.2 Å². The monoisotopic (exact) mass is 684 g/mol. The van der Waals surface area contributed by atoms with Crippen molar-refractivity contribution in [1.29, 1.82) is 0 Å². The summed E-state index contributed by atoms with van der Waals surface area (Å²) in [5.41, 5.74) is 0.413. The summed E-state index contributed by atoms with van der Waals surface area (Å²) in [6.45, 7) is 10.9. The minimum absolute atomic E-state index is 0.00228. The van der Waals surface area contributed by atoms with Gasteiger partial charge in [-0.1, -0.05) is 88.4 Å². The maximum absolute atomic E-state index is 12.9. The Labute approximate surface area is 289 Å². The lowest BCUT2D eigenvalue weighted by Crippen LogP contribution is -2.50. The first-order valence-electron chi connectivity index (χ1n) is 16.6. The van der Waals surface area contributed by atoms with Gasteiger partial charge in [-0.05, 0) is 37.8 Å². The molecule has 1 amide bonds. The average Bonchev–Trinajstić information content (AvgIpc) is 3.09. The predicted molar refractivity (Wildman–Crippen MR) is 182 cm³/mol. The maximum atomic E-state index is 12.9. The number of amides is 1. The van der Waals surface area contributed by atoms with Crippen LogP contribution in [0.4, 0.5) is 0 Å². The average molecular weight is 685 g/mol. The number of hydrogen-bond acceptors (Lipinski definition) is 11. The molecule has 2 atom stereocenters. The fourth-order valence-electron chi connectivity index (χ4n) is 4.11. The van der Waals surface area contributed by atoms with E-state index in [0.717, 1.165) is 11.1 Å². The smallest absolute Gasteiger partial charge is 0.329 e. The SMILES string of the molecule is CCC(C)(C)NC(CC(=O)OCc1ccccc1)C(=O)OCCOCCOC(=O)C(CC(=O)OCc1ccccc1)NC(=O)C(C)(C)CC. The van der Waals surface area contributed by atoms with Gasteiger partial charge in [0, 0.05) is 11.0 Å². The molecule has 49 heavy (non-hydrogen) atoms. The van der Waals surface area contributed by atoms with Crippen LogP contribution in [0, 0.1) is 5.41 Å². The van der Waals surface area contributed by atoms with Crippen molar-refractivity contribution >= 4 is 29.8 Å². The fraction of sp³-hybridized carbons (Fsp3) is 0.541. The second kappa shape index (κ2) is 20.9. The first-order valence-corrected chi connectivity index (χ1v) is 16.6. The van der Waals surface area contributed by atoms with E-state index in [1.54, 1.807) is 26.0 Å². The highest BCUT2D eigenvalue weighted by molar-refractivity contribution is 5.90. The zero-order valence-corrected chi connectivity index (χ0v) is 29.6. The van der Waals surface area contributed by atoms with Crippen LogP contribution in [0.15, 0.2) is 60.7 Å². The van der Waals surface area contributed by atoms with E-state index in [0.29, 0.717) is 12.8 Å². The molecule has 0 fully saturated rings. The zero-order chi connectivity index (χ0) is 36.3. The number of nitrogens with one attached hydrogen (secondary N) is 2. The van der Waals surface area contributed by atoms with E-state index < -0.39 is 59.2 Å². The number of rotatable bonds is 22. The van der Waals surface area contributed by atoms with Crippen LogP contribution in [-0.2, 0) is 60.9 Å². The molecule has 2 aromatic carbocycles. The molecule has 0 radical (unpaired) electrons. The largest absolute Gasteiger partial charge is 0.462 e. The van der Waals surface area contributed by atoms with E-state index >= 15 is 0 Å². The van der Waals surface area contributed by atoms with Gasteiger partial charge in [0.25, 0.3) is 0 Å². The summed E-state index contributed by atoms with van der Waals surface area (Å²) < 4.78 is 26.8. The summed E-state index contributed by atoms with van der Waals surface area (Å²) in [5.74, 6) is -3.04. The number of ether oxygens (including phenoxy) is 5. The summed E-state index contributed by atoms with van der Waals surface area (Å²) in [4.78, 5) is 63.7. The van der Waals surface area contributed by atoms with Crippen LogP contribution in [0.1, 0.15) is 78.4 Å². The molecule has 270 valence electrons. The third-order valence-electron chi connectivity index (χ3n) is 7.99. The Balaban J connectivity index is 1.82. The van der Waals surface area contributed by atoms with Gasteiger partial charge >= 0.3 is 23.9 Å². The molecule has 12 nitrogen and oxygen atoms in total. The second-order valence-corrected chi connectivity index (χ2v) is 12.8. The summed E-state index contributed by atoms with van der Waals surface area (Å²) in [6.07, 6.45) is 0.604. The second-order valence-electron chi connectivity index (χ2n) is 12.8. The summed E-state index contributed by atoms with van der Waals surface area (Å²) in [5, 5.41) is 5.80. The topological polar surface area (TPSA) is 156 Å². The van der Waals surface area contributed by atoms with Crippen molar-refractivity contribution in [3.05, 3.63) is 71.8 Å². The highest BCUT2D eigenvalue weighted by atomic mass is 16.6. The molecule has 0 saturated carbocycles. The zero-order valence-electron chi connectivity index (χ0n) is 29.6. The highest BCUT2D eigenvalue weighted by Crippen LogP contribution is 2.20. The molecule has 0 aliphatic rings. The van der Waals surface area contributed by atoms with Gasteiger partial charge in [0.05, 0.1) is 26.1 Å². The molecule has 12 heteroatoms. The first-order chi connectivity index (χ1) is 23.3. The van der Waals surface area contributed by atoms with E-state index in [1.165, 1.54) is 0 Å². The van der Waals surface area contributed by atoms with Crippen molar-refractivity contribution < 1.29 is 47.7 Å². The summed E-state index contributed by atoms with van der Waals surface area (Å²) in [7, 11) is 0. The van der Waals surface area contributed by atoms with Crippen molar-refractivity contribution in [1.82, 2.24) is 10.6 Å². The third-order valence-corrected chi connectivity index (χ3v) is 7.99. The van der Waals surface area contributed by atoms with Crippen molar-refractivity contribution in [2.45, 2.75) is 98.1 Å². The molecule has 0 bridgehead atoms. The number of carbonyl (C=O) groups is 5. The van der Waals surface area contributed by atoms with Crippen molar-refractivity contribution in [3.63, 3.8) is 0 Å². The van der Waals surface area contributed by atoms with Crippen molar-refractivity contribution in [2.24, 2.45) is 5.41 Å². The van der Waals surface area contributed by atoms with Crippen LogP contribution in [0.25, 0.3) is 0 Å². The maximum Gasteiger partial charge on any atom is 0.329 e. The van der Waals surface area contributed by atoms with Gasteiger partial charge in [0.15, 0.2) is 0 Å². The molecular formula is C37H52N2O10. The lowest BCUT2D eigenvalue weighted by molar-refractivity contribution is -0.157. The Morgan fingerprint density at radius 1 is 0.612 bits per heavy atom. The molecular weight excluding hydrogens is 632 g/mol. The van der Waals surface area contributed by atoms with Crippen LogP contribution < -0.4 is 10.6 Å². The standard InChI is InChI=1S/C37H52N2O10/c1-7-36(3,4)35(44)38-29(23-31(40)48-25-27-15-11-9-12-16-27)33(42)46-21-19-45-20-22-47-34(43)30(39-37(5,6)8-2)24-32(41)49-26-28-17-13-10-14-18-28/h9-18,29-30,39H,7-8,19-26H2,1-6H3,(H,38,44). The molecule has 0 spiro atoms. The van der Waals surface area contributed by atoms with Crippen LogP contribution in [0.3, 0.4) is 0 Å². The highest BCUT2D eigenvalue weighted by Gasteiger charge is 2.33. The molecule has 2 unspecified atom stereocenters. The number of hydrogen-bond donors (Lipinski definition) is 2. The van der Waals surface area contributed by atoms with E-state index in [2.05, 4.69) is 10.6 Å². The van der Waals surface area contributed by atoms with Gasteiger partial charge in [0.1, 0.15) is 38.5 Å². The van der Waals surface area contributed by atoms with Crippen LogP contribution in [-0.4, -0.2) is 73.8 Å². The number of carbonyl (C=O) groups excluding carboxylic acids is 5. The quantitative estimate of drug-likeness (QED) is 0.103. The van der Waals surface area contributed by atoms with Crippen LogP contribution >= 0.6 is 0 Å². The molecule has 2 N–H and O–H groups in total. The minimum Gasteiger partial charge on any atom is -0.462 e. The third kappa shape index (κ3) is 16.1. The van der Waals surface area contributed by atoms with Crippen LogP contribution in [0.5, 0.6) is 0 Å². The van der Waals surface area contributed by atoms with E-state index in [-0.39, 0.29) is 46.1 Å². The fourth-order valence-corrected chi connectivity index (χ4v) is 4.11. The van der Waals surface area contributed by atoms with Gasteiger partial charge in [-0.25, -0.2) is 4.79 Å². The van der Waals surface area contributed by atoms with Gasteiger partial charge in [-0.3, -0.25) is 24.5 Å². The van der Waals surface area contributed by atoms with Gasteiger partial charge < -0.3 is 29.0 Å². The molecule has 0 aliphatic carbocycles. The lowest BCUT2D eigenvalue weighted by atomic mass is 9.89. The Bertz CT molecular complexity index is 1330. The normalized spacial score (nSPS) is 12.7. The van der Waals surface area contributed by atoms with Gasteiger partial charge in [-0.15, -0.1) is 0 Å². The Morgan fingerprint density at radius 3 is 1.51 bits per heavy atom. The number of esters is 4. The van der Waals surface area contributed by atoms with Gasteiger partial charge in [0.2, 0.25) is 5.91 Å². The molecule has 0 aliphatic heterocycles. The first kappa shape index (κ1) is 40.9. The van der Waals surface area contributed by atoms with E-state index in [4.69, 9.17) is 23.7 Å².